The SMILES string of the molecule is COC(=O)CC1=C(C(=O)OC)C2(C(=O)N1CC(N)=O)c1ccccc1-c1oc(N)nc12. The van der Waals surface area contributed by atoms with E-state index in [1.165, 1.54) is 0 Å². The van der Waals surface area contributed by atoms with Gasteiger partial charge in [0, 0.05) is 11.3 Å². The first-order valence-corrected chi connectivity index (χ1v) is 9.13. The second-order valence-corrected chi connectivity index (χ2v) is 6.95. The summed E-state index contributed by atoms with van der Waals surface area (Å²) < 4.78 is 15.2. The molecule has 11 nitrogen and oxygen atoms in total. The van der Waals surface area contributed by atoms with Crippen LogP contribution >= 0.6 is 0 Å². The molecule has 31 heavy (non-hydrogen) atoms. The molecule has 160 valence electrons. The van der Waals surface area contributed by atoms with E-state index in [1.54, 1.807) is 24.3 Å². The van der Waals surface area contributed by atoms with Crippen molar-refractivity contribution in [3.8, 4) is 11.3 Å². The molecule has 2 aromatic rings. The van der Waals surface area contributed by atoms with Crippen molar-refractivity contribution in [2.75, 3.05) is 26.5 Å². The lowest BCUT2D eigenvalue weighted by atomic mass is 9.74. The minimum atomic E-state index is -1.82. The third-order valence-corrected chi connectivity index (χ3v) is 5.37. The van der Waals surface area contributed by atoms with E-state index in [9.17, 15) is 19.2 Å². The van der Waals surface area contributed by atoms with Crippen LogP contribution in [0, 0.1) is 0 Å². The molecule has 2 amide bonds. The lowest BCUT2D eigenvalue weighted by molar-refractivity contribution is -0.141. The van der Waals surface area contributed by atoms with Gasteiger partial charge in [0.1, 0.15) is 12.2 Å². The average Bonchev–Trinajstić information content (AvgIpc) is 3.32. The number of nitrogen functional groups attached to an aromatic ring is 1. The van der Waals surface area contributed by atoms with E-state index in [4.69, 9.17) is 25.4 Å². The summed E-state index contributed by atoms with van der Waals surface area (Å²) in [7, 11) is 2.30. The predicted molar refractivity (Wildman–Crippen MR) is 104 cm³/mol. The van der Waals surface area contributed by atoms with Gasteiger partial charge >= 0.3 is 11.9 Å². The molecular weight excluding hydrogens is 408 g/mol. The van der Waals surface area contributed by atoms with Gasteiger partial charge in [0.2, 0.25) is 11.8 Å². The van der Waals surface area contributed by atoms with Crippen molar-refractivity contribution in [1.29, 1.82) is 0 Å². The summed E-state index contributed by atoms with van der Waals surface area (Å²) in [4.78, 5) is 56.0. The van der Waals surface area contributed by atoms with Gasteiger partial charge in [-0.2, -0.15) is 4.98 Å². The van der Waals surface area contributed by atoms with Crippen molar-refractivity contribution in [1.82, 2.24) is 9.88 Å². The number of ether oxygens (including phenoxy) is 2. The molecule has 0 fully saturated rings. The Kier molecular flexibility index (Phi) is 4.53. The molecule has 4 N–H and O–H groups in total. The molecule has 1 spiro atoms. The summed E-state index contributed by atoms with van der Waals surface area (Å²) in [5, 5.41) is 0. The summed E-state index contributed by atoms with van der Waals surface area (Å²) in [6.07, 6.45) is -0.480. The monoisotopic (exact) mass is 426 g/mol. The molecule has 2 aliphatic rings. The fourth-order valence-electron chi connectivity index (χ4n) is 4.25. The molecule has 1 aliphatic heterocycles. The molecule has 11 heteroatoms. The van der Waals surface area contributed by atoms with Gasteiger partial charge in [0.05, 0.1) is 26.2 Å². The van der Waals surface area contributed by atoms with E-state index >= 15 is 0 Å². The van der Waals surface area contributed by atoms with E-state index < -0.39 is 42.1 Å². The highest BCUT2D eigenvalue weighted by Gasteiger charge is 2.64. The molecule has 1 aromatic heterocycles. The average molecular weight is 426 g/mol. The van der Waals surface area contributed by atoms with Crippen LogP contribution in [0.1, 0.15) is 17.7 Å². The molecule has 1 atom stereocenters. The smallest absolute Gasteiger partial charge is 0.337 e. The Labute approximate surface area is 175 Å². The number of hydrogen-bond acceptors (Lipinski definition) is 9. The zero-order valence-electron chi connectivity index (χ0n) is 16.6. The maximum absolute atomic E-state index is 13.9. The number of carbonyl (C=O) groups is 4. The van der Waals surface area contributed by atoms with Crippen molar-refractivity contribution < 1.29 is 33.1 Å². The highest BCUT2D eigenvalue weighted by molar-refractivity contribution is 6.15. The Morgan fingerprint density at radius 1 is 1.19 bits per heavy atom. The molecule has 4 rings (SSSR count). The van der Waals surface area contributed by atoms with E-state index in [1.807, 2.05) is 0 Å². The number of methoxy groups -OCH3 is 2. The lowest BCUT2D eigenvalue weighted by Gasteiger charge is -2.26. The first-order chi connectivity index (χ1) is 14.8. The molecule has 2 heterocycles. The highest BCUT2D eigenvalue weighted by atomic mass is 16.5. The number of primary amides is 1. The molecular formula is C20H18N4O7. The van der Waals surface area contributed by atoms with Crippen LogP contribution in [-0.4, -0.2) is 54.4 Å². The van der Waals surface area contributed by atoms with E-state index in [2.05, 4.69) is 4.98 Å². The first kappa shape index (κ1) is 20.1. The number of anilines is 1. The number of amides is 2. The predicted octanol–water partition coefficient (Wildman–Crippen LogP) is -0.159. The van der Waals surface area contributed by atoms with Crippen molar-refractivity contribution in [2.45, 2.75) is 11.8 Å². The lowest BCUT2D eigenvalue weighted by Crippen LogP contribution is -2.44. The van der Waals surface area contributed by atoms with Crippen LogP contribution in [0.2, 0.25) is 0 Å². The molecule has 1 unspecified atom stereocenters. The van der Waals surface area contributed by atoms with Crippen molar-refractivity contribution in [2.24, 2.45) is 5.73 Å². The molecule has 0 saturated heterocycles. The standard InChI is InChI=1S/C20H18N4O7/c1-29-13(26)7-11-14(17(27)30-2)20(18(28)24(11)8-12(21)25)10-6-4-3-5-9(10)15-16(20)23-19(22)31-15/h3-6H,7-8H2,1-2H3,(H2,21,25)(H2,22,23). The third kappa shape index (κ3) is 2.62. The van der Waals surface area contributed by atoms with E-state index in [0.29, 0.717) is 11.1 Å². The van der Waals surface area contributed by atoms with Gasteiger partial charge < -0.3 is 30.3 Å². The van der Waals surface area contributed by atoms with Crippen LogP contribution in [0.5, 0.6) is 0 Å². The number of benzene rings is 1. The number of aromatic nitrogens is 1. The van der Waals surface area contributed by atoms with Crippen LogP contribution in [0.25, 0.3) is 11.3 Å². The molecule has 1 aromatic carbocycles. The molecule has 0 bridgehead atoms. The van der Waals surface area contributed by atoms with Gasteiger partial charge in [-0.05, 0) is 5.56 Å². The van der Waals surface area contributed by atoms with Gasteiger partial charge in [0.15, 0.2) is 11.2 Å². The van der Waals surface area contributed by atoms with Gasteiger partial charge in [-0.3, -0.25) is 14.4 Å². The second-order valence-electron chi connectivity index (χ2n) is 6.95. The number of nitrogens with zero attached hydrogens (tertiary/aromatic N) is 2. The number of oxazole rings is 1. The van der Waals surface area contributed by atoms with Gasteiger partial charge in [-0.1, -0.05) is 24.3 Å². The fraction of sp³-hybridized carbons (Fsp3) is 0.250. The minimum Gasteiger partial charge on any atom is -0.469 e. The van der Waals surface area contributed by atoms with E-state index in [0.717, 1.165) is 19.1 Å². The van der Waals surface area contributed by atoms with E-state index in [-0.39, 0.29) is 28.7 Å². The maximum Gasteiger partial charge on any atom is 0.337 e. The highest BCUT2D eigenvalue weighted by Crippen LogP contribution is 2.58. The molecule has 1 aliphatic carbocycles. The number of fused-ring (bicyclic) bond motifs is 5. The summed E-state index contributed by atoms with van der Waals surface area (Å²) in [5.74, 6) is -2.96. The quantitative estimate of drug-likeness (QED) is 0.617. The van der Waals surface area contributed by atoms with Crippen molar-refractivity contribution in [3.63, 3.8) is 0 Å². The third-order valence-electron chi connectivity index (χ3n) is 5.37. The Hall–Kier alpha value is -4.15. The van der Waals surface area contributed by atoms with Crippen LogP contribution in [0.3, 0.4) is 0 Å². The minimum absolute atomic E-state index is 0.0632. The van der Waals surface area contributed by atoms with Gasteiger partial charge in [0.25, 0.3) is 6.01 Å². The number of hydrogen-bond donors (Lipinski definition) is 2. The Morgan fingerprint density at radius 3 is 2.55 bits per heavy atom. The summed E-state index contributed by atoms with van der Waals surface area (Å²) in [6.45, 7) is -0.571. The Balaban J connectivity index is 2.11. The topological polar surface area (TPSA) is 168 Å². The number of rotatable bonds is 5. The maximum atomic E-state index is 13.9. The summed E-state index contributed by atoms with van der Waals surface area (Å²) in [6, 6.07) is 6.50. The summed E-state index contributed by atoms with van der Waals surface area (Å²) in [5.41, 5.74) is 10.0. The largest absolute Gasteiger partial charge is 0.469 e. The fourth-order valence-corrected chi connectivity index (χ4v) is 4.25. The normalized spacial score (nSPS) is 18.9. The van der Waals surface area contributed by atoms with Crippen LogP contribution in [0.4, 0.5) is 6.01 Å². The second kappa shape index (κ2) is 6.97. The van der Waals surface area contributed by atoms with Crippen LogP contribution < -0.4 is 11.5 Å². The number of carbonyl (C=O) groups excluding carboxylic acids is 4. The molecule has 0 saturated carbocycles. The molecule has 0 radical (unpaired) electrons. The number of nitrogens with two attached hydrogens (primary N) is 2. The zero-order chi connectivity index (χ0) is 22.5. The number of esters is 2. The summed E-state index contributed by atoms with van der Waals surface area (Å²) >= 11 is 0. The van der Waals surface area contributed by atoms with Gasteiger partial charge in [-0.15, -0.1) is 0 Å². The first-order valence-electron chi connectivity index (χ1n) is 9.13. The van der Waals surface area contributed by atoms with Crippen LogP contribution in [-0.2, 0) is 34.1 Å². The van der Waals surface area contributed by atoms with Crippen molar-refractivity contribution in [3.05, 3.63) is 46.8 Å². The van der Waals surface area contributed by atoms with Gasteiger partial charge in [-0.25, -0.2) is 4.79 Å². The van der Waals surface area contributed by atoms with Crippen molar-refractivity contribution >= 4 is 29.8 Å². The van der Waals surface area contributed by atoms with Crippen LogP contribution in [0.15, 0.2) is 40.0 Å². The zero-order valence-corrected chi connectivity index (χ0v) is 16.6. The Morgan fingerprint density at radius 2 is 1.90 bits per heavy atom. The Bertz CT molecular complexity index is 1180.